The fourth-order valence-electron chi connectivity index (χ4n) is 4.02. The van der Waals surface area contributed by atoms with Crippen molar-refractivity contribution in [3.05, 3.63) is 24.4 Å². The molecule has 0 saturated carbocycles. The minimum atomic E-state index is -2.95. The molecule has 0 aromatic carbocycles. The second kappa shape index (κ2) is 7.79. The van der Waals surface area contributed by atoms with Gasteiger partial charge in [-0.1, -0.05) is 5.21 Å². The minimum absolute atomic E-state index is 0.0148. The Labute approximate surface area is 184 Å². The first-order valence-electron chi connectivity index (χ1n) is 10.2. The molecule has 4 aromatic heterocycles. The molecule has 1 unspecified atom stereocenters. The predicted molar refractivity (Wildman–Crippen MR) is 112 cm³/mol. The van der Waals surface area contributed by atoms with Crippen molar-refractivity contribution >= 4 is 28.4 Å². The molecule has 3 N–H and O–H groups in total. The van der Waals surface area contributed by atoms with Gasteiger partial charge in [0.1, 0.15) is 17.6 Å². The number of anilines is 2. The van der Waals surface area contributed by atoms with Crippen LogP contribution in [0.25, 0.3) is 27.9 Å². The average Bonchev–Trinajstić information content (AvgIpc) is 3.33. The Kier molecular flexibility index (Phi) is 5.03. The number of hydrogen-bond donors (Lipinski definition) is 2. The van der Waals surface area contributed by atoms with Crippen LogP contribution in [0.15, 0.2) is 24.4 Å². The quantitative estimate of drug-likeness (QED) is 0.432. The number of nitrogens with one attached hydrogen (secondary N) is 1. The van der Waals surface area contributed by atoms with E-state index in [4.69, 9.17) is 5.73 Å². The minimum Gasteiger partial charge on any atom is -0.382 e. The van der Waals surface area contributed by atoms with Gasteiger partial charge in [-0.25, -0.2) is 31.7 Å². The summed E-state index contributed by atoms with van der Waals surface area (Å²) in [7, 11) is 1.65. The van der Waals surface area contributed by atoms with Gasteiger partial charge in [0.2, 0.25) is 5.95 Å². The van der Waals surface area contributed by atoms with Gasteiger partial charge in [0, 0.05) is 18.3 Å². The Bertz CT molecular complexity index is 1320. The molecule has 4 aromatic rings. The molecule has 0 bridgehead atoms. The smallest absolute Gasteiger partial charge is 0.280 e. The van der Waals surface area contributed by atoms with Crippen molar-refractivity contribution in [3.8, 4) is 11.3 Å². The number of hydrogen-bond acceptors (Lipinski definition) is 8. The van der Waals surface area contributed by atoms with Crippen molar-refractivity contribution < 1.29 is 17.6 Å². The molecule has 14 heteroatoms. The molecule has 1 saturated heterocycles. The molecule has 5 heterocycles. The first-order valence-corrected chi connectivity index (χ1v) is 10.2. The normalized spacial score (nSPS) is 19.0. The van der Waals surface area contributed by atoms with Crippen LogP contribution in [0.1, 0.15) is 6.42 Å². The lowest BCUT2D eigenvalue weighted by molar-refractivity contribution is -0.0675. The molecule has 1 aliphatic rings. The maximum absolute atomic E-state index is 14.4. The van der Waals surface area contributed by atoms with Gasteiger partial charge in [0.15, 0.2) is 11.5 Å². The summed E-state index contributed by atoms with van der Waals surface area (Å²) in [6, 6.07) is 3.84. The maximum Gasteiger partial charge on any atom is 0.280 e. The van der Waals surface area contributed by atoms with Crippen LogP contribution in [0, 0.1) is 0 Å². The Hall–Kier alpha value is -3.55. The third kappa shape index (κ3) is 3.90. The summed E-state index contributed by atoms with van der Waals surface area (Å²) in [6.45, 7) is -0.476. The second-order valence-electron chi connectivity index (χ2n) is 8.03. The molecule has 1 fully saturated rings. The predicted octanol–water partition coefficient (Wildman–Crippen LogP) is 2.13. The number of halogens is 4. The highest BCUT2D eigenvalue weighted by Gasteiger charge is 2.44. The summed E-state index contributed by atoms with van der Waals surface area (Å²) in [5.74, 6) is -2.90. The second-order valence-corrected chi connectivity index (χ2v) is 8.03. The molecule has 0 radical (unpaired) electrons. The molecule has 1 atom stereocenters. The van der Waals surface area contributed by atoms with E-state index in [0.717, 1.165) is 4.68 Å². The van der Waals surface area contributed by atoms with E-state index >= 15 is 0 Å². The highest BCUT2D eigenvalue weighted by atomic mass is 19.3. The van der Waals surface area contributed by atoms with Crippen LogP contribution in [0.3, 0.4) is 0 Å². The molecular formula is C19H20F4N10. The van der Waals surface area contributed by atoms with E-state index in [1.165, 1.54) is 4.52 Å². The molecular weight excluding hydrogens is 444 g/mol. The van der Waals surface area contributed by atoms with E-state index in [1.807, 2.05) is 0 Å². The highest BCUT2D eigenvalue weighted by molar-refractivity contribution is 5.88. The van der Waals surface area contributed by atoms with Crippen molar-refractivity contribution in [3.63, 3.8) is 0 Å². The number of pyridine rings is 1. The molecule has 0 aliphatic carbocycles. The van der Waals surface area contributed by atoms with E-state index in [0.29, 0.717) is 28.8 Å². The van der Waals surface area contributed by atoms with Crippen LogP contribution in [0.2, 0.25) is 0 Å². The van der Waals surface area contributed by atoms with E-state index in [1.54, 1.807) is 36.3 Å². The third-order valence-electron chi connectivity index (χ3n) is 5.58. The van der Waals surface area contributed by atoms with E-state index < -0.39 is 24.9 Å². The van der Waals surface area contributed by atoms with Gasteiger partial charge >= 0.3 is 0 Å². The SMILES string of the molecule is CN1CCC(Nc2nc(N)c3c(-c4ccc5nnn(CC(F)F)c5n4)ccn3n2)C(F)(F)C1. The van der Waals surface area contributed by atoms with Gasteiger partial charge in [0.25, 0.3) is 12.3 Å². The third-order valence-corrected chi connectivity index (χ3v) is 5.58. The summed E-state index contributed by atoms with van der Waals surface area (Å²) < 4.78 is 56.9. The van der Waals surface area contributed by atoms with Crippen molar-refractivity contribution in [2.75, 3.05) is 31.2 Å². The highest BCUT2D eigenvalue weighted by Crippen LogP contribution is 2.31. The number of likely N-dealkylation sites (tertiary alicyclic amines) is 1. The lowest BCUT2D eigenvalue weighted by atomic mass is 10.0. The zero-order chi connectivity index (χ0) is 23.3. The maximum atomic E-state index is 14.4. The van der Waals surface area contributed by atoms with E-state index in [-0.39, 0.29) is 30.4 Å². The number of fused-ring (bicyclic) bond motifs is 2. The fraction of sp³-hybridized carbons (Fsp3) is 0.421. The number of nitrogens with two attached hydrogens (primary N) is 1. The van der Waals surface area contributed by atoms with Gasteiger partial charge < -0.3 is 16.0 Å². The lowest BCUT2D eigenvalue weighted by Crippen LogP contribution is -2.53. The summed E-state index contributed by atoms with van der Waals surface area (Å²) in [5, 5.41) is 14.6. The molecule has 10 nitrogen and oxygen atoms in total. The van der Waals surface area contributed by atoms with Gasteiger partial charge in [-0.2, -0.15) is 4.98 Å². The zero-order valence-corrected chi connectivity index (χ0v) is 17.5. The van der Waals surface area contributed by atoms with Gasteiger partial charge in [-0.15, -0.1) is 10.2 Å². The van der Waals surface area contributed by atoms with Gasteiger partial charge in [-0.3, -0.25) is 0 Å². The Morgan fingerprint density at radius 3 is 2.82 bits per heavy atom. The Balaban J connectivity index is 1.49. The van der Waals surface area contributed by atoms with Crippen LogP contribution in [0.4, 0.5) is 29.3 Å². The Morgan fingerprint density at radius 2 is 2.06 bits per heavy atom. The summed E-state index contributed by atoms with van der Waals surface area (Å²) in [4.78, 5) is 10.2. The first-order chi connectivity index (χ1) is 15.7. The van der Waals surface area contributed by atoms with Crippen LogP contribution in [0.5, 0.6) is 0 Å². The van der Waals surface area contributed by atoms with Crippen LogP contribution in [-0.2, 0) is 6.54 Å². The van der Waals surface area contributed by atoms with Crippen LogP contribution >= 0.6 is 0 Å². The number of nitrogens with zero attached hydrogens (tertiary/aromatic N) is 8. The summed E-state index contributed by atoms with van der Waals surface area (Å²) >= 11 is 0. The lowest BCUT2D eigenvalue weighted by Gasteiger charge is -2.36. The molecule has 1 aliphatic heterocycles. The first kappa shape index (κ1) is 21.3. The van der Waals surface area contributed by atoms with Crippen LogP contribution in [-0.4, -0.2) is 78.0 Å². The van der Waals surface area contributed by atoms with Gasteiger partial charge in [-0.05, 0) is 31.7 Å². The van der Waals surface area contributed by atoms with Crippen molar-refractivity contribution in [2.24, 2.45) is 0 Å². The number of alkyl halides is 4. The standard InChI is InChI=1S/C19H20F4N10/c1-31-6-5-13(19(22,23)9-31)26-18-27-16(24)15-10(4-7-32(15)29-18)11-2-3-12-17(25-11)33(30-28-12)8-14(20)21/h2-4,7,13-14H,5-6,8-9H2,1H3,(H3,24,26,27,29). The number of rotatable bonds is 5. The number of piperidine rings is 1. The van der Waals surface area contributed by atoms with Crippen molar-refractivity contribution in [1.29, 1.82) is 0 Å². The molecule has 0 spiro atoms. The van der Waals surface area contributed by atoms with Crippen molar-refractivity contribution in [1.82, 2.24) is 39.5 Å². The average molecular weight is 464 g/mol. The molecule has 5 rings (SSSR count). The zero-order valence-electron chi connectivity index (χ0n) is 17.5. The van der Waals surface area contributed by atoms with E-state index in [2.05, 4.69) is 30.7 Å². The molecule has 33 heavy (non-hydrogen) atoms. The molecule has 0 amide bonds. The summed E-state index contributed by atoms with van der Waals surface area (Å²) in [6.07, 6.45) is -0.782. The topological polar surface area (TPSA) is 115 Å². The Morgan fingerprint density at radius 1 is 1.24 bits per heavy atom. The van der Waals surface area contributed by atoms with E-state index in [9.17, 15) is 17.6 Å². The van der Waals surface area contributed by atoms with Crippen molar-refractivity contribution in [2.45, 2.75) is 31.4 Å². The monoisotopic (exact) mass is 464 g/mol. The van der Waals surface area contributed by atoms with Gasteiger partial charge in [0.05, 0.1) is 18.3 Å². The fourth-order valence-corrected chi connectivity index (χ4v) is 4.02. The van der Waals surface area contributed by atoms with Crippen LogP contribution < -0.4 is 11.1 Å². The number of nitrogen functional groups attached to an aromatic ring is 1. The molecule has 174 valence electrons. The largest absolute Gasteiger partial charge is 0.382 e. The number of aromatic nitrogens is 7. The summed E-state index contributed by atoms with van der Waals surface area (Å²) in [5.41, 5.74) is 8.13.